The molecule has 2 heterocycles. The Morgan fingerprint density at radius 1 is 1.20 bits per heavy atom. The lowest BCUT2D eigenvalue weighted by Gasteiger charge is -2.39. The molecular weight excluding hydrogens is 503 g/mol. The summed E-state index contributed by atoms with van der Waals surface area (Å²) in [6, 6.07) is 13.6. The molecule has 1 N–H and O–H groups in total. The number of carboxylic acids is 1. The summed E-state index contributed by atoms with van der Waals surface area (Å²) >= 11 is 14.4. The fraction of sp³-hybridized carbons (Fsp3) is 0.407. The van der Waals surface area contributed by atoms with E-state index in [1.165, 1.54) is 0 Å². The van der Waals surface area contributed by atoms with Crippen LogP contribution in [0.2, 0.25) is 10.0 Å². The Balaban J connectivity index is 1.33. The molecular formula is C27H30Cl2N2O3S. The van der Waals surface area contributed by atoms with E-state index in [-0.39, 0.29) is 0 Å². The van der Waals surface area contributed by atoms with Crippen LogP contribution < -0.4 is 4.74 Å². The summed E-state index contributed by atoms with van der Waals surface area (Å²) in [5.41, 5.74) is 1.19. The number of methoxy groups -OCH3 is 1. The number of aryl methyl sites for hydroxylation is 1. The number of carbonyl (C=O) groups is 1. The monoisotopic (exact) mass is 532 g/mol. The first kappa shape index (κ1) is 26.1. The van der Waals surface area contributed by atoms with Crippen LogP contribution in [0.4, 0.5) is 0 Å². The molecule has 0 unspecified atom stereocenters. The van der Waals surface area contributed by atoms with Crippen LogP contribution in [0.3, 0.4) is 0 Å². The van der Waals surface area contributed by atoms with Crippen LogP contribution in [-0.2, 0) is 11.2 Å². The Kier molecular flexibility index (Phi) is 8.82. The minimum Gasteiger partial charge on any atom is -0.497 e. The van der Waals surface area contributed by atoms with Gasteiger partial charge in [-0.25, -0.2) is 0 Å². The van der Waals surface area contributed by atoms with Crippen LogP contribution in [-0.4, -0.2) is 53.5 Å². The molecule has 35 heavy (non-hydrogen) atoms. The molecule has 4 rings (SSSR count). The lowest BCUT2D eigenvalue weighted by atomic mass is 9.74. The highest BCUT2D eigenvalue weighted by Crippen LogP contribution is 2.38. The number of likely N-dealkylation sites (tertiary alicyclic amines) is 1. The van der Waals surface area contributed by atoms with E-state index in [9.17, 15) is 9.90 Å². The lowest BCUT2D eigenvalue weighted by molar-refractivity contribution is -0.152. The van der Waals surface area contributed by atoms with Gasteiger partial charge in [-0.3, -0.25) is 9.78 Å². The minimum atomic E-state index is -0.683. The first-order chi connectivity index (χ1) is 16.9. The fourth-order valence-corrected chi connectivity index (χ4v) is 6.28. The number of rotatable bonds is 10. The van der Waals surface area contributed by atoms with Crippen molar-refractivity contribution in [2.24, 2.45) is 5.41 Å². The molecule has 0 saturated carbocycles. The van der Waals surface area contributed by atoms with Crippen molar-refractivity contribution in [2.45, 2.75) is 37.0 Å². The molecule has 1 saturated heterocycles. The Hall–Kier alpha value is -1.99. The molecule has 0 spiro atoms. The number of halogens is 2. The number of carboxylic acid groups (broad SMARTS) is 1. The molecule has 3 aromatic rings. The molecule has 0 amide bonds. The van der Waals surface area contributed by atoms with E-state index in [1.54, 1.807) is 25.1 Å². The largest absolute Gasteiger partial charge is 0.497 e. The van der Waals surface area contributed by atoms with Gasteiger partial charge < -0.3 is 14.7 Å². The van der Waals surface area contributed by atoms with Crippen molar-refractivity contribution < 1.29 is 14.6 Å². The van der Waals surface area contributed by atoms with Crippen LogP contribution in [0, 0.1) is 5.41 Å². The zero-order valence-electron chi connectivity index (χ0n) is 19.8. The van der Waals surface area contributed by atoms with Gasteiger partial charge in [-0.2, -0.15) is 0 Å². The van der Waals surface area contributed by atoms with Crippen LogP contribution in [0.25, 0.3) is 10.9 Å². The summed E-state index contributed by atoms with van der Waals surface area (Å²) in [5.74, 6) is 1.03. The average Bonchev–Trinajstić information content (AvgIpc) is 2.86. The number of aliphatic carboxylic acids is 1. The number of ether oxygens (including phenoxy) is 1. The topological polar surface area (TPSA) is 62.7 Å². The third-order valence-corrected chi connectivity index (χ3v) is 8.49. The molecule has 1 aromatic heterocycles. The second-order valence-corrected chi connectivity index (χ2v) is 11.1. The van der Waals surface area contributed by atoms with Crippen molar-refractivity contribution in [1.29, 1.82) is 0 Å². The Morgan fingerprint density at radius 3 is 2.71 bits per heavy atom. The number of hydrogen-bond donors (Lipinski definition) is 1. The smallest absolute Gasteiger partial charge is 0.309 e. The van der Waals surface area contributed by atoms with Gasteiger partial charge in [0.25, 0.3) is 0 Å². The zero-order valence-corrected chi connectivity index (χ0v) is 22.1. The second-order valence-electron chi connectivity index (χ2n) is 9.05. The van der Waals surface area contributed by atoms with Crippen molar-refractivity contribution in [3.63, 3.8) is 0 Å². The lowest BCUT2D eigenvalue weighted by Crippen LogP contribution is -2.45. The molecule has 8 heteroatoms. The van der Waals surface area contributed by atoms with Crippen molar-refractivity contribution >= 4 is 51.8 Å². The average molecular weight is 534 g/mol. The normalized spacial score (nSPS) is 15.9. The maximum atomic E-state index is 12.3. The van der Waals surface area contributed by atoms with E-state index in [0.29, 0.717) is 30.7 Å². The molecule has 0 radical (unpaired) electrons. The van der Waals surface area contributed by atoms with E-state index >= 15 is 0 Å². The summed E-state index contributed by atoms with van der Waals surface area (Å²) in [4.78, 5) is 20.3. The second kappa shape index (κ2) is 11.8. The van der Waals surface area contributed by atoms with Gasteiger partial charge in [-0.15, -0.1) is 11.8 Å². The van der Waals surface area contributed by atoms with E-state index < -0.39 is 11.4 Å². The molecule has 5 nitrogen and oxygen atoms in total. The van der Waals surface area contributed by atoms with E-state index in [1.807, 2.05) is 36.4 Å². The van der Waals surface area contributed by atoms with Crippen LogP contribution in [0.15, 0.2) is 53.6 Å². The van der Waals surface area contributed by atoms with Crippen LogP contribution in [0.1, 0.15) is 31.2 Å². The number of piperidine rings is 1. The quantitative estimate of drug-likeness (QED) is 0.288. The molecule has 2 aromatic carbocycles. The van der Waals surface area contributed by atoms with Gasteiger partial charge in [0.2, 0.25) is 0 Å². The van der Waals surface area contributed by atoms with Gasteiger partial charge in [0.15, 0.2) is 0 Å². The van der Waals surface area contributed by atoms with Gasteiger partial charge in [0.1, 0.15) is 5.75 Å². The summed E-state index contributed by atoms with van der Waals surface area (Å²) in [7, 11) is 1.64. The predicted molar refractivity (Wildman–Crippen MR) is 144 cm³/mol. The summed E-state index contributed by atoms with van der Waals surface area (Å²) in [6.07, 6.45) is 5.12. The van der Waals surface area contributed by atoms with Crippen molar-refractivity contribution in [3.05, 3.63) is 64.3 Å². The van der Waals surface area contributed by atoms with E-state index in [2.05, 4.69) is 16.0 Å². The molecule has 1 fully saturated rings. The number of fused-ring (bicyclic) bond motifs is 1. The summed E-state index contributed by atoms with van der Waals surface area (Å²) in [6.45, 7) is 2.55. The molecule has 0 atom stereocenters. The van der Waals surface area contributed by atoms with Crippen molar-refractivity contribution in [1.82, 2.24) is 9.88 Å². The van der Waals surface area contributed by atoms with E-state index in [4.69, 9.17) is 27.9 Å². The molecule has 186 valence electrons. The van der Waals surface area contributed by atoms with Crippen LogP contribution >= 0.6 is 35.0 Å². The first-order valence-electron chi connectivity index (χ1n) is 11.9. The number of nitrogens with zero attached hydrogens (tertiary/aromatic N) is 2. The molecule has 1 aliphatic rings. The standard InChI is InChI=1S/C27H30Cl2N2O3S/c1-34-20-7-8-25-23(17-20)22(24(29)18-30-25)6-3-9-27(26(32)33)10-12-31(13-11-27)14-15-35-21-5-2-4-19(28)16-21/h2,4-5,7-8,16-18H,3,6,9-15H2,1H3,(H,32,33). The first-order valence-corrected chi connectivity index (χ1v) is 13.6. The molecule has 0 aliphatic carbocycles. The van der Waals surface area contributed by atoms with Gasteiger partial charge >= 0.3 is 5.97 Å². The third kappa shape index (κ3) is 6.42. The Bertz CT molecular complexity index is 1180. The summed E-state index contributed by atoms with van der Waals surface area (Å²) in [5, 5.41) is 12.5. The molecule has 0 bridgehead atoms. The Labute approximate surface area is 220 Å². The Morgan fingerprint density at radius 2 is 2.00 bits per heavy atom. The maximum absolute atomic E-state index is 12.3. The highest BCUT2D eigenvalue weighted by atomic mass is 35.5. The van der Waals surface area contributed by atoms with Crippen LogP contribution in [0.5, 0.6) is 5.75 Å². The predicted octanol–water partition coefficient (Wildman–Crippen LogP) is 6.83. The van der Waals surface area contributed by atoms with Gasteiger partial charge in [0, 0.05) is 33.8 Å². The maximum Gasteiger partial charge on any atom is 0.309 e. The highest BCUT2D eigenvalue weighted by Gasteiger charge is 2.40. The van der Waals surface area contributed by atoms with E-state index in [0.717, 1.165) is 63.9 Å². The third-order valence-electron chi connectivity index (χ3n) is 6.96. The van der Waals surface area contributed by atoms with Gasteiger partial charge in [-0.1, -0.05) is 29.3 Å². The van der Waals surface area contributed by atoms with Gasteiger partial charge in [-0.05, 0) is 87.2 Å². The SMILES string of the molecule is COc1ccc2ncc(Cl)c(CCCC3(C(=O)O)CCN(CCSc4cccc(Cl)c4)CC3)c2c1. The number of thioether (sulfide) groups is 1. The highest BCUT2D eigenvalue weighted by molar-refractivity contribution is 7.99. The van der Waals surface area contributed by atoms with Crippen molar-refractivity contribution in [3.8, 4) is 5.75 Å². The molecule has 1 aliphatic heterocycles. The number of hydrogen-bond acceptors (Lipinski definition) is 5. The zero-order chi connectivity index (χ0) is 24.8. The number of aromatic nitrogens is 1. The van der Waals surface area contributed by atoms with Crippen molar-refractivity contribution in [2.75, 3.05) is 32.5 Å². The number of pyridine rings is 1. The number of benzene rings is 2. The minimum absolute atomic E-state index is 0.613. The summed E-state index contributed by atoms with van der Waals surface area (Å²) < 4.78 is 5.37. The fourth-order valence-electron chi connectivity index (χ4n) is 4.81. The van der Waals surface area contributed by atoms with Gasteiger partial charge in [0.05, 0.1) is 23.1 Å².